The monoisotopic (exact) mass is 235 g/mol. The topological polar surface area (TPSA) is 32.3 Å². The second kappa shape index (κ2) is 3.93. The summed E-state index contributed by atoms with van der Waals surface area (Å²) in [6, 6.07) is -0.746. The predicted octanol–water partition coefficient (Wildman–Crippen LogP) is 2.37. The molecule has 0 spiro atoms. The van der Waals surface area contributed by atoms with E-state index in [1.54, 1.807) is 0 Å². The molecule has 0 radical (unpaired) electrons. The van der Waals surface area contributed by atoms with Gasteiger partial charge in [0.25, 0.3) is 0 Å². The van der Waals surface area contributed by atoms with Crippen LogP contribution in [0.25, 0.3) is 0 Å². The highest BCUT2D eigenvalue weighted by Gasteiger charge is 2.31. The second-order valence-electron chi connectivity index (χ2n) is 3.67. The summed E-state index contributed by atoms with van der Waals surface area (Å²) in [5.74, 6) is -8.17. The molecule has 0 aliphatic carbocycles. The Balaban J connectivity index is 2.59. The minimum atomic E-state index is -1.75. The molecule has 0 saturated carbocycles. The van der Waals surface area contributed by atoms with Gasteiger partial charge in [0.1, 0.15) is 0 Å². The normalized spacial score (nSPS) is 20.4. The molecule has 1 aromatic carbocycles. The fraction of sp³-hybridized carbons (Fsp3) is 0.400. The van der Waals surface area contributed by atoms with Crippen LogP contribution in [0.2, 0.25) is 0 Å². The van der Waals surface area contributed by atoms with Gasteiger partial charge in [0.2, 0.25) is 11.6 Å². The maximum absolute atomic E-state index is 13.4. The van der Waals surface area contributed by atoms with E-state index < -0.39 is 40.6 Å². The van der Waals surface area contributed by atoms with Crippen molar-refractivity contribution in [2.75, 3.05) is 6.54 Å². The number of phenols is 1. The first kappa shape index (κ1) is 11.2. The highest BCUT2D eigenvalue weighted by Crippen LogP contribution is 2.34. The molecule has 1 fully saturated rings. The Labute approximate surface area is 88.9 Å². The summed E-state index contributed by atoms with van der Waals surface area (Å²) >= 11 is 0. The molecule has 0 amide bonds. The van der Waals surface area contributed by atoms with E-state index in [0.717, 1.165) is 0 Å². The molecule has 16 heavy (non-hydrogen) atoms. The summed E-state index contributed by atoms with van der Waals surface area (Å²) in [4.78, 5) is 0. The van der Waals surface area contributed by atoms with Crippen LogP contribution in [0.15, 0.2) is 0 Å². The molecule has 1 atom stereocenters. The molecule has 88 valence electrons. The molecule has 2 rings (SSSR count). The first-order valence-electron chi connectivity index (χ1n) is 4.82. The van der Waals surface area contributed by atoms with Gasteiger partial charge in [-0.2, -0.15) is 8.78 Å². The lowest BCUT2D eigenvalue weighted by atomic mass is 10.0. The van der Waals surface area contributed by atoms with Crippen LogP contribution < -0.4 is 5.32 Å². The predicted molar refractivity (Wildman–Crippen MR) is 47.9 cm³/mol. The number of nitrogens with one attached hydrogen (secondary N) is 1. The molecule has 1 aliphatic heterocycles. The summed E-state index contributed by atoms with van der Waals surface area (Å²) in [6.45, 7) is 0.535. The Morgan fingerprint density at radius 3 is 2.00 bits per heavy atom. The van der Waals surface area contributed by atoms with Gasteiger partial charge in [-0.05, 0) is 19.4 Å². The largest absolute Gasteiger partial charge is 0.503 e. The number of hydrogen-bond donors (Lipinski definition) is 2. The lowest BCUT2D eigenvalue weighted by Gasteiger charge is -2.14. The highest BCUT2D eigenvalue weighted by molar-refractivity contribution is 5.35. The lowest BCUT2D eigenvalue weighted by Crippen LogP contribution is -2.18. The van der Waals surface area contributed by atoms with E-state index in [1.165, 1.54) is 0 Å². The molecule has 0 bridgehead atoms. The summed E-state index contributed by atoms with van der Waals surface area (Å²) in [5.41, 5.74) is -0.676. The Morgan fingerprint density at radius 2 is 1.56 bits per heavy atom. The zero-order chi connectivity index (χ0) is 11.9. The van der Waals surface area contributed by atoms with Crippen LogP contribution in [-0.2, 0) is 0 Å². The highest BCUT2D eigenvalue weighted by atomic mass is 19.2. The number of hydrogen-bond acceptors (Lipinski definition) is 2. The van der Waals surface area contributed by atoms with E-state index in [4.69, 9.17) is 5.11 Å². The van der Waals surface area contributed by atoms with Crippen molar-refractivity contribution in [1.29, 1.82) is 0 Å². The van der Waals surface area contributed by atoms with Crippen molar-refractivity contribution in [3.63, 3.8) is 0 Å². The molecule has 6 heteroatoms. The van der Waals surface area contributed by atoms with E-state index in [0.29, 0.717) is 19.4 Å². The Hall–Kier alpha value is -1.30. The second-order valence-corrected chi connectivity index (χ2v) is 3.67. The van der Waals surface area contributed by atoms with Crippen molar-refractivity contribution in [1.82, 2.24) is 5.32 Å². The third-order valence-corrected chi connectivity index (χ3v) is 2.68. The quantitative estimate of drug-likeness (QED) is 0.578. The van der Waals surface area contributed by atoms with E-state index in [2.05, 4.69) is 5.32 Å². The molecular weight excluding hydrogens is 226 g/mol. The van der Waals surface area contributed by atoms with Gasteiger partial charge in [0.05, 0.1) is 0 Å². The third-order valence-electron chi connectivity index (χ3n) is 2.68. The van der Waals surface area contributed by atoms with Gasteiger partial charge in [-0.3, -0.25) is 0 Å². The summed E-state index contributed by atoms with van der Waals surface area (Å²) in [6.07, 6.45) is 1.07. The van der Waals surface area contributed by atoms with Crippen LogP contribution in [0.4, 0.5) is 17.6 Å². The van der Waals surface area contributed by atoms with E-state index in [9.17, 15) is 17.6 Å². The molecular formula is C10H9F4NO. The Bertz CT molecular complexity index is 400. The Morgan fingerprint density at radius 1 is 1.00 bits per heavy atom. The maximum Gasteiger partial charge on any atom is 0.204 e. The average Bonchev–Trinajstić information content (AvgIpc) is 2.77. The molecule has 0 aromatic heterocycles. The van der Waals surface area contributed by atoms with Gasteiger partial charge in [-0.25, -0.2) is 8.78 Å². The first-order chi connectivity index (χ1) is 7.54. The molecule has 1 aliphatic rings. The van der Waals surface area contributed by atoms with Crippen LogP contribution in [0, 0.1) is 23.3 Å². The first-order valence-corrected chi connectivity index (χ1v) is 4.82. The van der Waals surface area contributed by atoms with Gasteiger partial charge in [0.15, 0.2) is 17.4 Å². The minimum Gasteiger partial charge on any atom is -0.503 e. The number of halogens is 4. The van der Waals surface area contributed by atoms with E-state index in [-0.39, 0.29) is 0 Å². The number of aromatic hydroxyl groups is 1. The van der Waals surface area contributed by atoms with Crippen molar-refractivity contribution in [3.05, 3.63) is 28.8 Å². The van der Waals surface area contributed by atoms with E-state index in [1.807, 2.05) is 0 Å². The van der Waals surface area contributed by atoms with Crippen LogP contribution in [0.1, 0.15) is 24.4 Å². The van der Waals surface area contributed by atoms with Gasteiger partial charge < -0.3 is 10.4 Å². The van der Waals surface area contributed by atoms with Gasteiger partial charge in [0, 0.05) is 11.6 Å². The molecule has 2 N–H and O–H groups in total. The molecule has 1 aromatic rings. The molecule has 1 saturated heterocycles. The van der Waals surface area contributed by atoms with Crippen LogP contribution >= 0.6 is 0 Å². The maximum atomic E-state index is 13.4. The Kier molecular flexibility index (Phi) is 2.75. The molecule has 0 unspecified atom stereocenters. The van der Waals surface area contributed by atoms with Crippen molar-refractivity contribution in [3.8, 4) is 5.75 Å². The summed E-state index contributed by atoms with van der Waals surface area (Å²) in [7, 11) is 0. The average molecular weight is 235 g/mol. The number of phenolic OH excluding ortho intramolecular Hbond substituents is 1. The molecule has 2 nitrogen and oxygen atoms in total. The van der Waals surface area contributed by atoms with Crippen molar-refractivity contribution in [2.24, 2.45) is 0 Å². The van der Waals surface area contributed by atoms with Crippen LogP contribution in [-0.4, -0.2) is 11.7 Å². The van der Waals surface area contributed by atoms with Crippen LogP contribution in [0.5, 0.6) is 5.75 Å². The zero-order valence-electron chi connectivity index (χ0n) is 8.16. The molecule has 1 heterocycles. The summed E-state index contributed by atoms with van der Waals surface area (Å²) < 4.78 is 52.8. The summed E-state index contributed by atoms with van der Waals surface area (Å²) in [5, 5.41) is 11.5. The SMILES string of the molecule is Oc1c(F)c(F)c([C@@H]2CCCN2)c(F)c1F. The van der Waals surface area contributed by atoms with E-state index >= 15 is 0 Å². The van der Waals surface area contributed by atoms with Crippen molar-refractivity contribution >= 4 is 0 Å². The number of rotatable bonds is 1. The minimum absolute atomic E-state index is 0.400. The smallest absolute Gasteiger partial charge is 0.204 e. The van der Waals surface area contributed by atoms with Crippen molar-refractivity contribution in [2.45, 2.75) is 18.9 Å². The van der Waals surface area contributed by atoms with Crippen molar-refractivity contribution < 1.29 is 22.7 Å². The van der Waals surface area contributed by atoms with Gasteiger partial charge in [-0.15, -0.1) is 0 Å². The van der Waals surface area contributed by atoms with Gasteiger partial charge >= 0.3 is 0 Å². The zero-order valence-corrected chi connectivity index (χ0v) is 8.16. The number of benzene rings is 1. The fourth-order valence-corrected chi connectivity index (χ4v) is 1.87. The third kappa shape index (κ3) is 1.53. The standard InChI is InChI=1S/C10H9F4NO/c11-6-5(4-2-1-3-15-4)7(12)9(14)10(16)8(6)13/h4,15-16H,1-3H2/t4-/m0/s1. The fourth-order valence-electron chi connectivity index (χ4n) is 1.87. The van der Waals surface area contributed by atoms with Gasteiger partial charge in [-0.1, -0.05) is 0 Å². The lowest BCUT2D eigenvalue weighted by molar-refractivity contribution is 0.345. The van der Waals surface area contributed by atoms with Crippen LogP contribution in [0.3, 0.4) is 0 Å².